The average molecular weight is 416 g/mol. The van der Waals surface area contributed by atoms with E-state index in [1.54, 1.807) is 14.2 Å². The summed E-state index contributed by atoms with van der Waals surface area (Å²) >= 11 is 0. The number of aryl methyl sites for hydroxylation is 1. The van der Waals surface area contributed by atoms with Gasteiger partial charge < -0.3 is 14.2 Å². The Morgan fingerprint density at radius 2 is 1.77 bits per heavy atom. The molecule has 0 saturated carbocycles. The molecule has 4 nitrogen and oxygen atoms in total. The molecule has 160 valence electrons. The Balaban J connectivity index is 1.48. The van der Waals surface area contributed by atoms with Gasteiger partial charge in [-0.1, -0.05) is 42.5 Å². The van der Waals surface area contributed by atoms with E-state index in [0.717, 1.165) is 48.7 Å². The topological polar surface area (TPSA) is 30.9 Å². The Hall–Kier alpha value is -2.98. The molecule has 0 unspecified atom stereocenters. The van der Waals surface area contributed by atoms with E-state index in [9.17, 15) is 0 Å². The molecule has 0 radical (unpaired) electrons. The van der Waals surface area contributed by atoms with Gasteiger partial charge in [0.1, 0.15) is 12.4 Å². The van der Waals surface area contributed by atoms with Crippen LogP contribution in [0.5, 0.6) is 17.2 Å². The van der Waals surface area contributed by atoms with Crippen LogP contribution < -0.4 is 14.2 Å². The van der Waals surface area contributed by atoms with E-state index in [0.29, 0.717) is 12.6 Å². The first-order valence-corrected chi connectivity index (χ1v) is 10.9. The van der Waals surface area contributed by atoms with Gasteiger partial charge in [-0.25, -0.2) is 0 Å². The van der Waals surface area contributed by atoms with Gasteiger partial charge >= 0.3 is 0 Å². The van der Waals surface area contributed by atoms with E-state index in [1.165, 1.54) is 27.8 Å². The van der Waals surface area contributed by atoms with Gasteiger partial charge in [0.25, 0.3) is 0 Å². The molecule has 1 atom stereocenters. The number of rotatable bonds is 5. The lowest BCUT2D eigenvalue weighted by atomic mass is 9.83. The van der Waals surface area contributed by atoms with Crippen molar-refractivity contribution in [2.45, 2.75) is 39.0 Å². The van der Waals surface area contributed by atoms with Gasteiger partial charge in [-0.3, -0.25) is 4.90 Å². The molecule has 5 rings (SSSR count). The Kier molecular flexibility index (Phi) is 5.33. The zero-order valence-electron chi connectivity index (χ0n) is 18.5. The van der Waals surface area contributed by atoms with Crippen LogP contribution >= 0.6 is 0 Å². The average Bonchev–Trinajstić information content (AvgIpc) is 2.81. The van der Waals surface area contributed by atoms with Gasteiger partial charge in [0, 0.05) is 24.7 Å². The number of methoxy groups -OCH3 is 2. The Morgan fingerprint density at radius 3 is 2.55 bits per heavy atom. The van der Waals surface area contributed by atoms with Crippen molar-refractivity contribution in [3.05, 3.63) is 88.0 Å². The van der Waals surface area contributed by atoms with Crippen LogP contribution in [0, 0.1) is 6.92 Å². The molecule has 0 amide bonds. The molecule has 2 aliphatic heterocycles. The second-order valence-electron chi connectivity index (χ2n) is 8.47. The van der Waals surface area contributed by atoms with Crippen molar-refractivity contribution in [3.8, 4) is 17.2 Å². The van der Waals surface area contributed by atoms with E-state index in [-0.39, 0.29) is 0 Å². The molecular formula is C27H29NO3. The fourth-order valence-corrected chi connectivity index (χ4v) is 5.04. The summed E-state index contributed by atoms with van der Waals surface area (Å²) in [6.45, 7) is 4.63. The second-order valence-corrected chi connectivity index (χ2v) is 8.47. The van der Waals surface area contributed by atoms with Crippen molar-refractivity contribution >= 4 is 0 Å². The lowest BCUT2D eigenvalue weighted by Gasteiger charge is -2.42. The minimum absolute atomic E-state index is 0.355. The highest BCUT2D eigenvalue weighted by molar-refractivity contribution is 5.52. The third-order valence-corrected chi connectivity index (χ3v) is 6.66. The van der Waals surface area contributed by atoms with Crippen LogP contribution in [0.2, 0.25) is 0 Å². The summed E-state index contributed by atoms with van der Waals surface area (Å²) in [4.78, 5) is 2.58. The second kappa shape index (κ2) is 8.27. The first-order valence-electron chi connectivity index (χ1n) is 10.9. The molecular weight excluding hydrogens is 386 g/mol. The molecule has 3 aromatic rings. The fraction of sp³-hybridized carbons (Fsp3) is 0.333. The van der Waals surface area contributed by atoms with Gasteiger partial charge in [-0.05, 0) is 59.7 Å². The number of nitrogens with zero attached hydrogens (tertiary/aromatic N) is 1. The fourth-order valence-electron chi connectivity index (χ4n) is 5.04. The zero-order chi connectivity index (χ0) is 21.4. The highest BCUT2D eigenvalue weighted by atomic mass is 16.5. The predicted molar refractivity (Wildman–Crippen MR) is 122 cm³/mol. The van der Waals surface area contributed by atoms with Crippen LogP contribution in [0.1, 0.15) is 39.4 Å². The SMILES string of the molecule is COc1cc2c(cc1OCc1ccccc1)[C@@H]1Cc3ccc(C)c(OC)c3CN1CC2. The van der Waals surface area contributed by atoms with E-state index >= 15 is 0 Å². The van der Waals surface area contributed by atoms with Crippen molar-refractivity contribution < 1.29 is 14.2 Å². The van der Waals surface area contributed by atoms with Crippen LogP contribution in [0.15, 0.2) is 54.6 Å². The van der Waals surface area contributed by atoms with Gasteiger partial charge in [0.2, 0.25) is 0 Å². The molecule has 0 saturated heterocycles. The van der Waals surface area contributed by atoms with E-state index < -0.39 is 0 Å². The molecule has 0 aliphatic carbocycles. The van der Waals surface area contributed by atoms with E-state index in [4.69, 9.17) is 14.2 Å². The molecule has 0 bridgehead atoms. The maximum absolute atomic E-state index is 6.22. The van der Waals surface area contributed by atoms with Gasteiger partial charge in [-0.2, -0.15) is 0 Å². The summed E-state index contributed by atoms with van der Waals surface area (Å²) in [5.41, 5.74) is 7.82. The summed E-state index contributed by atoms with van der Waals surface area (Å²) in [7, 11) is 3.50. The highest BCUT2D eigenvalue weighted by Crippen LogP contribution is 2.44. The van der Waals surface area contributed by atoms with Gasteiger partial charge in [0.15, 0.2) is 11.5 Å². The maximum Gasteiger partial charge on any atom is 0.162 e. The summed E-state index contributed by atoms with van der Waals surface area (Å²) in [6.07, 6.45) is 2.01. The van der Waals surface area contributed by atoms with Crippen LogP contribution in [-0.4, -0.2) is 25.7 Å². The first-order chi connectivity index (χ1) is 15.2. The number of benzene rings is 3. The Labute approximate surface area is 184 Å². The van der Waals surface area contributed by atoms with Crippen LogP contribution in [0.25, 0.3) is 0 Å². The minimum Gasteiger partial charge on any atom is -0.496 e. The molecule has 0 aromatic heterocycles. The summed E-state index contributed by atoms with van der Waals surface area (Å²) in [5.74, 6) is 2.68. The van der Waals surface area contributed by atoms with Crippen molar-refractivity contribution in [1.29, 1.82) is 0 Å². The number of ether oxygens (including phenoxy) is 3. The summed E-state index contributed by atoms with van der Waals surface area (Å²) in [5, 5.41) is 0. The van der Waals surface area contributed by atoms with Crippen LogP contribution in [-0.2, 0) is 26.0 Å². The highest BCUT2D eigenvalue weighted by Gasteiger charge is 2.34. The van der Waals surface area contributed by atoms with E-state index in [2.05, 4.69) is 48.2 Å². The minimum atomic E-state index is 0.355. The first kappa shape index (κ1) is 20.0. The van der Waals surface area contributed by atoms with Crippen molar-refractivity contribution in [3.63, 3.8) is 0 Å². The predicted octanol–water partition coefficient (Wildman–Crippen LogP) is 5.25. The molecule has 0 spiro atoms. The standard InChI is InChI=1S/C27H29NO3/c1-18-9-10-20-13-24-22-15-26(31-17-19-7-5-4-6-8-19)25(29-2)14-21(22)11-12-28(24)16-23(20)27(18)30-3/h4-10,14-15,24H,11-13,16-17H2,1-3H3/t24-/m0/s1. The molecule has 4 heteroatoms. The number of fused-ring (bicyclic) bond motifs is 4. The van der Waals surface area contributed by atoms with Crippen LogP contribution in [0.4, 0.5) is 0 Å². The smallest absolute Gasteiger partial charge is 0.162 e. The third kappa shape index (κ3) is 3.66. The lowest BCUT2D eigenvalue weighted by Crippen LogP contribution is -2.39. The molecule has 31 heavy (non-hydrogen) atoms. The van der Waals surface area contributed by atoms with Crippen molar-refractivity contribution in [2.24, 2.45) is 0 Å². The monoisotopic (exact) mass is 415 g/mol. The maximum atomic E-state index is 6.22. The Bertz CT molecular complexity index is 1090. The summed E-state index contributed by atoms with van der Waals surface area (Å²) in [6, 6.07) is 19.5. The van der Waals surface area contributed by atoms with Crippen molar-refractivity contribution in [2.75, 3.05) is 20.8 Å². The molecule has 0 fully saturated rings. The van der Waals surface area contributed by atoms with E-state index in [1.807, 2.05) is 18.2 Å². The third-order valence-electron chi connectivity index (χ3n) is 6.66. The Morgan fingerprint density at radius 1 is 0.935 bits per heavy atom. The molecule has 3 aromatic carbocycles. The van der Waals surface area contributed by atoms with Gasteiger partial charge in [0.05, 0.1) is 14.2 Å². The lowest BCUT2D eigenvalue weighted by molar-refractivity contribution is 0.157. The number of hydrogen-bond donors (Lipinski definition) is 0. The number of hydrogen-bond acceptors (Lipinski definition) is 4. The zero-order valence-corrected chi connectivity index (χ0v) is 18.5. The largest absolute Gasteiger partial charge is 0.496 e. The normalized spacial score (nSPS) is 17.3. The van der Waals surface area contributed by atoms with Crippen molar-refractivity contribution in [1.82, 2.24) is 4.90 Å². The molecule has 2 heterocycles. The van der Waals surface area contributed by atoms with Crippen LogP contribution in [0.3, 0.4) is 0 Å². The molecule has 0 N–H and O–H groups in total. The molecule has 2 aliphatic rings. The summed E-state index contributed by atoms with van der Waals surface area (Å²) < 4.78 is 17.7. The quantitative estimate of drug-likeness (QED) is 0.570. The van der Waals surface area contributed by atoms with Gasteiger partial charge in [-0.15, -0.1) is 0 Å².